The van der Waals surface area contributed by atoms with E-state index in [0.717, 1.165) is 46.7 Å². The molecule has 100 valence electrons. The number of fused-ring (bicyclic) bond motifs is 1. The van der Waals surface area contributed by atoms with E-state index in [4.69, 9.17) is 16.6 Å². The van der Waals surface area contributed by atoms with Crippen molar-refractivity contribution in [3.05, 3.63) is 34.9 Å². The van der Waals surface area contributed by atoms with Crippen LogP contribution in [-0.2, 0) is 0 Å². The number of nitrogens with zero attached hydrogens (tertiary/aromatic N) is 2. The number of halogens is 1. The number of aryl methyl sites for hydroxylation is 1. The van der Waals surface area contributed by atoms with E-state index < -0.39 is 0 Å². The van der Waals surface area contributed by atoms with Crippen LogP contribution in [0, 0.1) is 6.92 Å². The Morgan fingerprint density at radius 2 is 2.11 bits per heavy atom. The number of benzene rings is 1. The van der Waals surface area contributed by atoms with Gasteiger partial charge in [-0.2, -0.15) is 0 Å². The van der Waals surface area contributed by atoms with E-state index in [-0.39, 0.29) is 6.10 Å². The Bertz CT molecular complexity index is 614. The summed E-state index contributed by atoms with van der Waals surface area (Å²) in [5.41, 5.74) is 1.96. The van der Waals surface area contributed by atoms with Gasteiger partial charge in [0, 0.05) is 23.5 Å². The average molecular weight is 277 g/mol. The fourth-order valence-electron chi connectivity index (χ4n) is 2.63. The lowest BCUT2D eigenvalue weighted by atomic mass is 10.1. The van der Waals surface area contributed by atoms with Gasteiger partial charge in [0.15, 0.2) is 0 Å². The number of aliphatic hydroxyl groups excluding tert-OH is 1. The van der Waals surface area contributed by atoms with Crippen LogP contribution < -0.4 is 4.90 Å². The molecule has 0 saturated carbocycles. The van der Waals surface area contributed by atoms with Gasteiger partial charge in [-0.1, -0.05) is 17.7 Å². The van der Waals surface area contributed by atoms with Crippen LogP contribution in [0.4, 0.5) is 5.82 Å². The largest absolute Gasteiger partial charge is 0.391 e. The molecule has 3 rings (SSSR count). The molecular formula is C15H17ClN2O. The molecule has 0 unspecified atom stereocenters. The van der Waals surface area contributed by atoms with Crippen molar-refractivity contribution in [1.82, 2.24) is 4.98 Å². The second kappa shape index (κ2) is 4.99. The predicted octanol–water partition coefficient (Wildman–Crippen LogP) is 3.16. The Morgan fingerprint density at radius 3 is 2.89 bits per heavy atom. The SMILES string of the molecule is Cc1c(Cl)ccc2ccc(N3CCC[C@H](O)C3)nc12. The second-order valence-electron chi connectivity index (χ2n) is 5.16. The van der Waals surface area contributed by atoms with Crippen LogP contribution in [0.25, 0.3) is 10.9 Å². The first-order valence-electron chi connectivity index (χ1n) is 6.64. The minimum atomic E-state index is -0.244. The molecule has 2 aromatic rings. The van der Waals surface area contributed by atoms with E-state index in [1.807, 2.05) is 25.1 Å². The smallest absolute Gasteiger partial charge is 0.129 e. The zero-order chi connectivity index (χ0) is 13.4. The van der Waals surface area contributed by atoms with Crippen LogP contribution >= 0.6 is 11.6 Å². The van der Waals surface area contributed by atoms with E-state index in [2.05, 4.69) is 11.0 Å². The first-order chi connectivity index (χ1) is 9.15. The Hall–Kier alpha value is -1.32. The monoisotopic (exact) mass is 276 g/mol. The molecule has 1 saturated heterocycles. The van der Waals surface area contributed by atoms with Gasteiger partial charge in [-0.25, -0.2) is 4.98 Å². The van der Waals surface area contributed by atoms with Crippen LogP contribution in [0.5, 0.6) is 0 Å². The maximum atomic E-state index is 9.76. The van der Waals surface area contributed by atoms with E-state index >= 15 is 0 Å². The van der Waals surface area contributed by atoms with Crippen LogP contribution in [0.2, 0.25) is 5.02 Å². The zero-order valence-corrected chi connectivity index (χ0v) is 11.7. The normalized spacial score (nSPS) is 19.9. The molecule has 1 aliphatic heterocycles. The first-order valence-corrected chi connectivity index (χ1v) is 7.02. The van der Waals surface area contributed by atoms with Gasteiger partial charge in [0.1, 0.15) is 5.82 Å². The number of hydrogen-bond donors (Lipinski definition) is 1. The molecule has 1 aromatic heterocycles. The summed E-state index contributed by atoms with van der Waals surface area (Å²) in [6.07, 6.45) is 1.65. The third-order valence-corrected chi connectivity index (χ3v) is 4.16. The number of rotatable bonds is 1. The number of aliphatic hydroxyl groups is 1. The highest BCUT2D eigenvalue weighted by Crippen LogP contribution is 2.27. The summed E-state index contributed by atoms with van der Waals surface area (Å²) in [5.74, 6) is 0.927. The van der Waals surface area contributed by atoms with E-state index in [1.165, 1.54) is 0 Å². The summed E-state index contributed by atoms with van der Waals surface area (Å²) in [4.78, 5) is 6.87. The molecule has 0 aliphatic carbocycles. The standard InChI is InChI=1S/C15H17ClN2O/c1-10-13(16)6-4-11-5-7-14(17-15(10)11)18-8-2-3-12(19)9-18/h4-7,12,19H,2-3,8-9H2,1H3/t12-/m0/s1. The van der Waals surface area contributed by atoms with Gasteiger partial charge in [0.25, 0.3) is 0 Å². The minimum Gasteiger partial charge on any atom is -0.391 e. The number of β-amino-alcohol motifs (C(OH)–C–C–N with tert-alkyl or cyclic N) is 1. The predicted molar refractivity (Wildman–Crippen MR) is 78.9 cm³/mol. The van der Waals surface area contributed by atoms with Crippen molar-refractivity contribution in [2.75, 3.05) is 18.0 Å². The van der Waals surface area contributed by atoms with Gasteiger partial charge in [-0.05, 0) is 43.5 Å². The van der Waals surface area contributed by atoms with Crippen molar-refractivity contribution in [2.45, 2.75) is 25.9 Å². The Morgan fingerprint density at radius 1 is 1.32 bits per heavy atom. The number of hydrogen-bond acceptors (Lipinski definition) is 3. The van der Waals surface area contributed by atoms with Crippen LogP contribution in [0.1, 0.15) is 18.4 Å². The van der Waals surface area contributed by atoms with Gasteiger partial charge in [-0.15, -0.1) is 0 Å². The van der Waals surface area contributed by atoms with Crippen molar-refractivity contribution in [3.63, 3.8) is 0 Å². The number of pyridine rings is 1. The molecular weight excluding hydrogens is 260 g/mol. The first kappa shape index (κ1) is 12.7. The minimum absolute atomic E-state index is 0.244. The molecule has 3 nitrogen and oxygen atoms in total. The average Bonchev–Trinajstić information content (AvgIpc) is 2.43. The Labute approximate surface area is 117 Å². The lowest BCUT2D eigenvalue weighted by Crippen LogP contribution is -2.38. The highest BCUT2D eigenvalue weighted by molar-refractivity contribution is 6.32. The van der Waals surface area contributed by atoms with Gasteiger partial charge in [0.2, 0.25) is 0 Å². The van der Waals surface area contributed by atoms with Gasteiger partial charge in [-0.3, -0.25) is 0 Å². The lowest BCUT2D eigenvalue weighted by molar-refractivity contribution is 0.154. The molecule has 0 amide bonds. The Kier molecular flexibility index (Phi) is 3.33. The number of aromatic nitrogens is 1. The van der Waals surface area contributed by atoms with E-state index in [0.29, 0.717) is 6.54 Å². The lowest BCUT2D eigenvalue weighted by Gasteiger charge is -2.31. The van der Waals surface area contributed by atoms with Crippen LogP contribution in [-0.4, -0.2) is 29.3 Å². The van der Waals surface area contributed by atoms with E-state index in [9.17, 15) is 5.11 Å². The van der Waals surface area contributed by atoms with Crippen molar-refractivity contribution < 1.29 is 5.11 Å². The third-order valence-electron chi connectivity index (χ3n) is 3.75. The molecule has 0 bridgehead atoms. The second-order valence-corrected chi connectivity index (χ2v) is 5.56. The maximum absolute atomic E-state index is 9.76. The summed E-state index contributed by atoms with van der Waals surface area (Å²) in [5, 5.41) is 11.6. The molecule has 0 radical (unpaired) electrons. The van der Waals surface area contributed by atoms with Crippen LogP contribution in [0.15, 0.2) is 24.3 Å². The Balaban J connectivity index is 2.03. The number of anilines is 1. The highest BCUT2D eigenvalue weighted by Gasteiger charge is 2.19. The fraction of sp³-hybridized carbons (Fsp3) is 0.400. The van der Waals surface area contributed by atoms with Crippen molar-refractivity contribution >= 4 is 28.3 Å². The molecule has 1 atom stereocenters. The molecule has 0 spiro atoms. The van der Waals surface area contributed by atoms with Crippen LogP contribution in [0.3, 0.4) is 0 Å². The molecule has 1 aliphatic rings. The third kappa shape index (κ3) is 2.40. The molecule has 2 heterocycles. The summed E-state index contributed by atoms with van der Waals surface area (Å²) >= 11 is 6.16. The molecule has 1 aromatic carbocycles. The zero-order valence-electron chi connectivity index (χ0n) is 10.9. The quantitative estimate of drug-likeness (QED) is 0.869. The molecule has 1 N–H and O–H groups in total. The topological polar surface area (TPSA) is 36.4 Å². The van der Waals surface area contributed by atoms with Crippen molar-refractivity contribution in [3.8, 4) is 0 Å². The summed E-state index contributed by atoms with van der Waals surface area (Å²) < 4.78 is 0. The van der Waals surface area contributed by atoms with E-state index in [1.54, 1.807) is 0 Å². The van der Waals surface area contributed by atoms with Crippen molar-refractivity contribution in [2.24, 2.45) is 0 Å². The van der Waals surface area contributed by atoms with Gasteiger partial charge < -0.3 is 10.0 Å². The fourth-order valence-corrected chi connectivity index (χ4v) is 2.79. The summed E-state index contributed by atoms with van der Waals surface area (Å²) in [7, 11) is 0. The highest BCUT2D eigenvalue weighted by atomic mass is 35.5. The maximum Gasteiger partial charge on any atom is 0.129 e. The summed E-state index contributed by atoms with van der Waals surface area (Å²) in [6, 6.07) is 7.99. The van der Waals surface area contributed by atoms with Crippen molar-refractivity contribution in [1.29, 1.82) is 0 Å². The number of piperidine rings is 1. The molecule has 1 fully saturated rings. The summed E-state index contributed by atoms with van der Waals surface area (Å²) in [6.45, 7) is 3.61. The van der Waals surface area contributed by atoms with Gasteiger partial charge >= 0.3 is 0 Å². The molecule has 4 heteroatoms. The van der Waals surface area contributed by atoms with Gasteiger partial charge in [0.05, 0.1) is 11.6 Å². The molecule has 19 heavy (non-hydrogen) atoms.